The molecule has 0 spiro atoms. The summed E-state index contributed by atoms with van der Waals surface area (Å²) in [6, 6.07) is 4.18. The molecule has 1 heterocycles. The number of nitrogens with zero attached hydrogens (tertiary/aromatic N) is 2. The molecule has 0 aliphatic rings. The van der Waals surface area contributed by atoms with Crippen LogP contribution in [0.1, 0.15) is 30.3 Å². The predicted molar refractivity (Wildman–Crippen MR) is 48.9 cm³/mol. The molecule has 1 aromatic rings. The Labute approximate surface area is 73.4 Å². The largest absolute Gasteiger partial charge is 0.351 e. The van der Waals surface area contributed by atoms with Gasteiger partial charge in [0.15, 0.2) is 0 Å². The van der Waals surface area contributed by atoms with Crippen LogP contribution in [0, 0.1) is 18.3 Å². The van der Waals surface area contributed by atoms with E-state index in [1.807, 2.05) is 20.0 Å². The van der Waals surface area contributed by atoms with Gasteiger partial charge in [-0.25, -0.2) is 0 Å². The highest BCUT2D eigenvalue weighted by Crippen LogP contribution is 2.13. The zero-order valence-electron chi connectivity index (χ0n) is 7.89. The van der Waals surface area contributed by atoms with Gasteiger partial charge in [0.1, 0.15) is 6.07 Å². The molecule has 1 aromatic heterocycles. The smallest absolute Gasteiger partial charge is 0.101 e. The lowest BCUT2D eigenvalue weighted by atomic mass is 10.2. The average molecular weight is 162 g/mol. The Hall–Kier alpha value is -1.23. The van der Waals surface area contributed by atoms with Gasteiger partial charge in [0.2, 0.25) is 0 Å². The topological polar surface area (TPSA) is 28.7 Å². The van der Waals surface area contributed by atoms with Gasteiger partial charge in [-0.1, -0.05) is 13.3 Å². The van der Waals surface area contributed by atoms with Gasteiger partial charge >= 0.3 is 0 Å². The van der Waals surface area contributed by atoms with Crippen molar-refractivity contribution in [1.29, 1.82) is 5.26 Å². The van der Waals surface area contributed by atoms with Crippen molar-refractivity contribution in [3.05, 3.63) is 23.0 Å². The lowest BCUT2D eigenvalue weighted by Crippen LogP contribution is -1.97. The SMILES string of the molecule is CCCc1cc(C#N)c(C)n1C. The van der Waals surface area contributed by atoms with E-state index in [1.54, 1.807) is 0 Å². The summed E-state index contributed by atoms with van der Waals surface area (Å²) in [4.78, 5) is 0. The Morgan fingerprint density at radius 2 is 2.25 bits per heavy atom. The van der Waals surface area contributed by atoms with Crippen LogP contribution in [0.2, 0.25) is 0 Å². The van der Waals surface area contributed by atoms with Crippen molar-refractivity contribution < 1.29 is 0 Å². The lowest BCUT2D eigenvalue weighted by Gasteiger charge is -2.01. The fourth-order valence-electron chi connectivity index (χ4n) is 1.37. The summed E-state index contributed by atoms with van der Waals surface area (Å²) in [6.45, 7) is 4.13. The Balaban J connectivity index is 3.09. The molecule has 0 aliphatic heterocycles. The third-order valence-corrected chi connectivity index (χ3v) is 2.26. The van der Waals surface area contributed by atoms with E-state index in [2.05, 4.69) is 17.6 Å². The summed E-state index contributed by atoms with van der Waals surface area (Å²) in [7, 11) is 2.02. The summed E-state index contributed by atoms with van der Waals surface area (Å²) in [6.07, 6.45) is 2.18. The highest BCUT2D eigenvalue weighted by molar-refractivity contribution is 5.37. The predicted octanol–water partition coefficient (Wildman–Crippen LogP) is 2.16. The quantitative estimate of drug-likeness (QED) is 0.655. The van der Waals surface area contributed by atoms with Gasteiger partial charge < -0.3 is 4.57 Å². The maximum atomic E-state index is 8.76. The van der Waals surface area contributed by atoms with Crippen molar-refractivity contribution in [1.82, 2.24) is 4.57 Å². The lowest BCUT2D eigenvalue weighted by molar-refractivity contribution is 0.768. The minimum absolute atomic E-state index is 0.806. The van der Waals surface area contributed by atoms with Crippen LogP contribution in [-0.2, 0) is 13.5 Å². The van der Waals surface area contributed by atoms with E-state index >= 15 is 0 Å². The molecule has 1 rings (SSSR count). The van der Waals surface area contributed by atoms with Crippen LogP contribution >= 0.6 is 0 Å². The number of hydrogen-bond acceptors (Lipinski definition) is 1. The standard InChI is InChI=1S/C10H14N2/c1-4-5-10-6-9(7-11)8(2)12(10)3/h6H,4-5H2,1-3H3. The molecule has 0 atom stereocenters. The highest BCUT2D eigenvalue weighted by atomic mass is 15.0. The minimum Gasteiger partial charge on any atom is -0.351 e. The average Bonchev–Trinajstić information content (AvgIpc) is 2.33. The van der Waals surface area contributed by atoms with E-state index in [0.29, 0.717) is 0 Å². The van der Waals surface area contributed by atoms with Gasteiger partial charge in [-0.2, -0.15) is 5.26 Å². The Bertz CT molecular complexity index is 315. The van der Waals surface area contributed by atoms with Crippen LogP contribution in [0.15, 0.2) is 6.07 Å². The highest BCUT2D eigenvalue weighted by Gasteiger charge is 2.06. The number of nitriles is 1. The second kappa shape index (κ2) is 3.44. The van der Waals surface area contributed by atoms with Crippen molar-refractivity contribution >= 4 is 0 Å². The van der Waals surface area contributed by atoms with Crippen LogP contribution in [-0.4, -0.2) is 4.57 Å². The molecule has 0 saturated carbocycles. The van der Waals surface area contributed by atoms with E-state index in [9.17, 15) is 0 Å². The van der Waals surface area contributed by atoms with Crippen LogP contribution in [0.25, 0.3) is 0 Å². The second-order valence-electron chi connectivity index (χ2n) is 3.06. The molecule has 2 heteroatoms. The van der Waals surface area contributed by atoms with Gasteiger partial charge in [-0.3, -0.25) is 0 Å². The molecule has 12 heavy (non-hydrogen) atoms. The number of rotatable bonds is 2. The first-order valence-electron chi connectivity index (χ1n) is 4.26. The van der Waals surface area contributed by atoms with Crippen molar-refractivity contribution in [2.24, 2.45) is 7.05 Å². The van der Waals surface area contributed by atoms with E-state index < -0.39 is 0 Å². The molecule has 0 saturated heterocycles. The molecule has 0 N–H and O–H groups in total. The zero-order chi connectivity index (χ0) is 9.14. The van der Waals surface area contributed by atoms with Crippen molar-refractivity contribution in [2.45, 2.75) is 26.7 Å². The van der Waals surface area contributed by atoms with Gasteiger partial charge in [0.25, 0.3) is 0 Å². The monoisotopic (exact) mass is 162 g/mol. The molecule has 0 unspecified atom stereocenters. The maximum Gasteiger partial charge on any atom is 0.101 e. The van der Waals surface area contributed by atoms with Crippen LogP contribution in [0.3, 0.4) is 0 Å². The summed E-state index contributed by atoms with van der Waals surface area (Å²) < 4.78 is 2.10. The van der Waals surface area contributed by atoms with E-state index in [4.69, 9.17) is 5.26 Å². The van der Waals surface area contributed by atoms with Gasteiger partial charge in [-0.15, -0.1) is 0 Å². The molecule has 0 aliphatic carbocycles. The second-order valence-corrected chi connectivity index (χ2v) is 3.06. The summed E-state index contributed by atoms with van der Waals surface area (Å²) in [5, 5.41) is 8.76. The fraction of sp³-hybridized carbons (Fsp3) is 0.500. The normalized spacial score (nSPS) is 9.83. The molecular formula is C10H14N2. The Kier molecular flexibility index (Phi) is 2.54. The molecule has 0 fully saturated rings. The van der Waals surface area contributed by atoms with E-state index in [0.717, 1.165) is 24.1 Å². The van der Waals surface area contributed by atoms with Crippen LogP contribution in [0.5, 0.6) is 0 Å². The van der Waals surface area contributed by atoms with Gasteiger partial charge in [0.05, 0.1) is 5.56 Å². The first-order valence-corrected chi connectivity index (χ1v) is 4.26. The van der Waals surface area contributed by atoms with Gasteiger partial charge in [-0.05, 0) is 19.4 Å². The summed E-state index contributed by atoms with van der Waals surface area (Å²) in [5.41, 5.74) is 3.13. The molecular weight excluding hydrogens is 148 g/mol. The number of hydrogen-bond donors (Lipinski definition) is 0. The molecule has 0 radical (unpaired) electrons. The summed E-state index contributed by atoms with van der Waals surface area (Å²) >= 11 is 0. The minimum atomic E-state index is 0.806. The third-order valence-electron chi connectivity index (χ3n) is 2.26. The third kappa shape index (κ3) is 1.35. The van der Waals surface area contributed by atoms with Crippen molar-refractivity contribution in [3.8, 4) is 6.07 Å². The van der Waals surface area contributed by atoms with Crippen LogP contribution in [0.4, 0.5) is 0 Å². The number of aromatic nitrogens is 1. The summed E-state index contributed by atoms with van der Waals surface area (Å²) in [5.74, 6) is 0. The molecule has 0 amide bonds. The van der Waals surface area contributed by atoms with E-state index in [1.165, 1.54) is 5.69 Å². The molecule has 0 aromatic carbocycles. The first kappa shape index (κ1) is 8.86. The molecule has 64 valence electrons. The molecule has 2 nitrogen and oxygen atoms in total. The van der Waals surface area contributed by atoms with Gasteiger partial charge in [0, 0.05) is 18.4 Å². The van der Waals surface area contributed by atoms with Crippen molar-refractivity contribution in [2.75, 3.05) is 0 Å². The Morgan fingerprint density at radius 3 is 2.67 bits per heavy atom. The zero-order valence-corrected chi connectivity index (χ0v) is 7.89. The van der Waals surface area contributed by atoms with E-state index in [-0.39, 0.29) is 0 Å². The Morgan fingerprint density at radius 1 is 1.58 bits per heavy atom. The van der Waals surface area contributed by atoms with Crippen molar-refractivity contribution in [3.63, 3.8) is 0 Å². The fourth-order valence-corrected chi connectivity index (χ4v) is 1.37. The molecule has 0 bridgehead atoms. The first-order chi connectivity index (χ1) is 5.70. The maximum absolute atomic E-state index is 8.76. The number of aryl methyl sites for hydroxylation is 1. The van der Waals surface area contributed by atoms with Crippen LogP contribution < -0.4 is 0 Å².